The number of ether oxygens (including phenoxy) is 1. The van der Waals surface area contributed by atoms with E-state index in [2.05, 4.69) is 11.8 Å². The van der Waals surface area contributed by atoms with Gasteiger partial charge in [-0.3, -0.25) is 0 Å². The molecular weight excluding hydrogens is 148 g/mol. The van der Waals surface area contributed by atoms with E-state index in [1.54, 1.807) is 0 Å². The Kier molecular flexibility index (Phi) is 3.90. The van der Waals surface area contributed by atoms with Crippen LogP contribution in [0.5, 0.6) is 0 Å². The maximum Gasteiger partial charge on any atom is 0.118 e. The molecule has 0 aliphatic carbocycles. The summed E-state index contributed by atoms with van der Waals surface area (Å²) in [6.07, 6.45) is 5.77. The lowest BCUT2D eigenvalue weighted by molar-refractivity contribution is 0.0525. The first-order chi connectivity index (χ1) is 5.83. The van der Waals surface area contributed by atoms with E-state index in [1.165, 1.54) is 12.8 Å². The molecule has 1 fully saturated rings. The van der Waals surface area contributed by atoms with Crippen molar-refractivity contribution >= 4 is 0 Å². The summed E-state index contributed by atoms with van der Waals surface area (Å²) in [4.78, 5) is 0. The van der Waals surface area contributed by atoms with Gasteiger partial charge in [-0.05, 0) is 38.7 Å². The Balaban J connectivity index is 2.41. The molecule has 0 spiro atoms. The van der Waals surface area contributed by atoms with Crippen LogP contribution < -0.4 is 0 Å². The number of rotatable bonds is 0. The third-order valence-electron chi connectivity index (χ3n) is 2.04. The summed E-state index contributed by atoms with van der Waals surface area (Å²) < 4.78 is 5.47. The lowest BCUT2D eigenvalue weighted by atomic mass is 10.1. The van der Waals surface area contributed by atoms with Crippen molar-refractivity contribution in [3.63, 3.8) is 0 Å². The van der Waals surface area contributed by atoms with Gasteiger partial charge in [0.1, 0.15) is 6.10 Å². The van der Waals surface area contributed by atoms with Crippen molar-refractivity contribution in [2.24, 2.45) is 0 Å². The lowest BCUT2D eigenvalue weighted by Gasteiger charge is -2.16. The largest absolute Gasteiger partial charge is 0.366 e. The first-order valence-electron chi connectivity index (χ1n) is 4.59. The molecule has 12 heavy (non-hydrogen) atoms. The van der Waals surface area contributed by atoms with Crippen LogP contribution in [-0.2, 0) is 4.74 Å². The summed E-state index contributed by atoms with van der Waals surface area (Å²) in [6, 6.07) is 0. The highest BCUT2D eigenvalue weighted by atomic mass is 16.5. The van der Waals surface area contributed by atoms with Crippen molar-refractivity contribution in [1.82, 2.24) is 0 Å². The van der Waals surface area contributed by atoms with Crippen LogP contribution in [0, 0.1) is 11.8 Å². The van der Waals surface area contributed by atoms with Gasteiger partial charge in [0.05, 0.1) is 0 Å². The zero-order valence-electron chi connectivity index (χ0n) is 7.89. The molecule has 1 saturated heterocycles. The molecule has 1 aliphatic heterocycles. The Bertz CT molecular complexity index is 211. The number of allylic oxidation sites excluding steroid dienone is 2. The molecule has 0 bridgehead atoms. The summed E-state index contributed by atoms with van der Waals surface area (Å²) in [5, 5.41) is 0. The summed E-state index contributed by atoms with van der Waals surface area (Å²) in [7, 11) is 0. The Labute approximate surface area is 74.8 Å². The fourth-order valence-corrected chi connectivity index (χ4v) is 1.12. The molecule has 0 aromatic rings. The molecule has 0 aromatic carbocycles. The molecule has 1 rings (SSSR count). The first-order valence-corrected chi connectivity index (χ1v) is 4.59. The molecule has 0 N–H and O–H groups in total. The van der Waals surface area contributed by atoms with E-state index in [-0.39, 0.29) is 6.10 Å². The molecule has 0 amide bonds. The van der Waals surface area contributed by atoms with Crippen molar-refractivity contribution in [3.05, 3.63) is 11.6 Å². The maximum absolute atomic E-state index is 5.47. The minimum Gasteiger partial charge on any atom is -0.366 e. The third-order valence-corrected chi connectivity index (χ3v) is 2.04. The first kappa shape index (κ1) is 9.35. The van der Waals surface area contributed by atoms with Crippen LogP contribution in [0.2, 0.25) is 0 Å². The van der Waals surface area contributed by atoms with Crippen LogP contribution in [0.25, 0.3) is 0 Å². The van der Waals surface area contributed by atoms with E-state index in [9.17, 15) is 0 Å². The molecule has 0 saturated carbocycles. The fraction of sp³-hybridized carbons (Fsp3) is 0.636. The standard InChI is InChI=1S/C11H16O/c1-3-10(2)7-8-11-6-4-5-9-12-11/h3,11H,4-6,9H2,1-2H3/b10-3+. The van der Waals surface area contributed by atoms with Gasteiger partial charge in [0.15, 0.2) is 0 Å². The van der Waals surface area contributed by atoms with E-state index in [0.717, 1.165) is 18.6 Å². The molecule has 1 unspecified atom stereocenters. The molecule has 0 aromatic heterocycles. The summed E-state index contributed by atoms with van der Waals surface area (Å²) in [5.74, 6) is 6.22. The highest BCUT2D eigenvalue weighted by Gasteiger charge is 2.09. The van der Waals surface area contributed by atoms with Gasteiger partial charge in [-0.15, -0.1) is 0 Å². The summed E-state index contributed by atoms with van der Waals surface area (Å²) in [6.45, 7) is 4.91. The smallest absolute Gasteiger partial charge is 0.118 e. The second-order valence-electron chi connectivity index (χ2n) is 3.10. The second kappa shape index (κ2) is 5.00. The predicted molar refractivity (Wildman–Crippen MR) is 50.8 cm³/mol. The Morgan fingerprint density at radius 3 is 2.92 bits per heavy atom. The third kappa shape index (κ3) is 3.11. The van der Waals surface area contributed by atoms with Crippen LogP contribution in [0.4, 0.5) is 0 Å². The molecule has 1 atom stereocenters. The Hall–Kier alpha value is -0.740. The minimum atomic E-state index is 0.189. The monoisotopic (exact) mass is 164 g/mol. The second-order valence-corrected chi connectivity index (χ2v) is 3.10. The van der Waals surface area contributed by atoms with E-state index in [4.69, 9.17) is 4.74 Å². The van der Waals surface area contributed by atoms with Gasteiger partial charge in [-0.25, -0.2) is 0 Å². The Morgan fingerprint density at radius 2 is 2.33 bits per heavy atom. The zero-order chi connectivity index (χ0) is 8.81. The summed E-state index contributed by atoms with van der Waals surface area (Å²) >= 11 is 0. The van der Waals surface area contributed by atoms with Gasteiger partial charge in [-0.2, -0.15) is 0 Å². The average molecular weight is 164 g/mol. The molecule has 1 heterocycles. The molecule has 66 valence electrons. The SMILES string of the molecule is C/C=C(\C)C#CC1CCCCO1. The quantitative estimate of drug-likeness (QED) is 0.500. The van der Waals surface area contributed by atoms with E-state index >= 15 is 0 Å². The minimum absolute atomic E-state index is 0.189. The summed E-state index contributed by atoms with van der Waals surface area (Å²) in [5.41, 5.74) is 1.13. The normalized spacial score (nSPS) is 24.5. The number of hydrogen-bond donors (Lipinski definition) is 0. The van der Waals surface area contributed by atoms with E-state index in [1.807, 2.05) is 19.9 Å². The molecular formula is C11H16O. The van der Waals surface area contributed by atoms with Crippen LogP contribution in [-0.4, -0.2) is 12.7 Å². The van der Waals surface area contributed by atoms with Gasteiger partial charge >= 0.3 is 0 Å². The average Bonchev–Trinajstić information content (AvgIpc) is 2.16. The van der Waals surface area contributed by atoms with E-state index < -0.39 is 0 Å². The number of hydrogen-bond acceptors (Lipinski definition) is 1. The fourth-order valence-electron chi connectivity index (χ4n) is 1.12. The van der Waals surface area contributed by atoms with Crippen molar-refractivity contribution in [1.29, 1.82) is 0 Å². The van der Waals surface area contributed by atoms with Gasteiger partial charge in [0.25, 0.3) is 0 Å². The van der Waals surface area contributed by atoms with Crippen LogP contribution in [0.3, 0.4) is 0 Å². The molecule has 1 nitrogen and oxygen atoms in total. The Morgan fingerprint density at radius 1 is 1.50 bits per heavy atom. The van der Waals surface area contributed by atoms with Crippen LogP contribution >= 0.6 is 0 Å². The van der Waals surface area contributed by atoms with Crippen molar-refractivity contribution in [2.75, 3.05) is 6.61 Å². The lowest BCUT2D eigenvalue weighted by Crippen LogP contribution is -2.16. The van der Waals surface area contributed by atoms with Crippen molar-refractivity contribution < 1.29 is 4.74 Å². The van der Waals surface area contributed by atoms with Gasteiger partial charge in [-0.1, -0.05) is 17.9 Å². The zero-order valence-corrected chi connectivity index (χ0v) is 7.89. The van der Waals surface area contributed by atoms with E-state index in [0.29, 0.717) is 0 Å². The van der Waals surface area contributed by atoms with Gasteiger partial charge in [0, 0.05) is 6.61 Å². The van der Waals surface area contributed by atoms with Crippen molar-refractivity contribution in [2.45, 2.75) is 39.2 Å². The molecule has 1 heteroatoms. The van der Waals surface area contributed by atoms with Crippen LogP contribution in [0.1, 0.15) is 33.1 Å². The van der Waals surface area contributed by atoms with Gasteiger partial charge < -0.3 is 4.74 Å². The maximum atomic E-state index is 5.47. The topological polar surface area (TPSA) is 9.23 Å². The van der Waals surface area contributed by atoms with Crippen LogP contribution in [0.15, 0.2) is 11.6 Å². The van der Waals surface area contributed by atoms with Gasteiger partial charge in [0.2, 0.25) is 0 Å². The molecule has 0 radical (unpaired) electrons. The molecule has 1 aliphatic rings. The van der Waals surface area contributed by atoms with Crippen molar-refractivity contribution in [3.8, 4) is 11.8 Å². The highest BCUT2D eigenvalue weighted by molar-refractivity contribution is 5.27. The predicted octanol–water partition coefficient (Wildman–Crippen LogP) is 2.53. The highest BCUT2D eigenvalue weighted by Crippen LogP contribution is 2.11.